The molecule has 0 nitrogen and oxygen atoms in total. The summed E-state index contributed by atoms with van der Waals surface area (Å²) >= 11 is 0. The lowest BCUT2D eigenvalue weighted by molar-refractivity contribution is 1.11. The first kappa shape index (κ1) is 10.6. The van der Waals surface area contributed by atoms with Crippen LogP contribution in [0.2, 0.25) is 0 Å². The zero-order chi connectivity index (χ0) is 7.72. The molecule has 0 aliphatic carbocycles. The van der Waals surface area contributed by atoms with Gasteiger partial charge >= 0.3 is 0 Å². The first-order valence-corrected chi connectivity index (χ1v) is 4.03. The Morgan fingerprint density at radius 3 is 2.00 bits per heavy atom. The lowest BCUT2D eigenvalue weighted by Crippen LogP contribution is -2.00. The van der Waals surface area contributed by atoms with Crippen molar-refractivity contribution in [3.8, 4) is 0 Å². The summed E-state index contributed by atoms with van der Waals surface area (Å²) in [6.07, 6.45) is 0. The van der Waals surface area contributed by atoms with Crippen LogP contribution in [0.4, 0.5) is 4.70 Å². The maximum atomic E-state index is 2.74. The third-order valence-corrected chi connectivity index (χ3v) is 2.73. The SMILES string of the molecule is Cc1ccc(P)c(C)c1C.F. The number of hydrogen-bond acceptors (Lipinski definition) is 0. The van der Waals surface area contributed by atoms with Crippen LogP contribution in [-0.2, 0) is 0 Å². The van der Waals surface area contributed by atoms with E-state index in [-0.39, 0.29) is 4.70 Å². The van der Waals surface area contributed by atoms with Crippen LogP contribution in [0.15, 0.2) is 12.1 Å². The van der Waals surface area contributed by atoms with Gasteiger partial charge in [0.05, 0.1) is 0 Å². The van der Waals surface area contributed by atoms with Gasteiger partial charge in [0.1, 0.15) is 0 Å². The van der Waals surface area contributed by atoms with E-state index in [1.165, 1.54) is 22.0 Å². The topological polar surface area (TPSA) is 0 Å². The van der Waals surface area contributed by atoms with Gasteiger partial charge in [-0.1, -0.05) is 12.1 Å². The molecule has 62 valence electrons. The fraction of sp³-hybridized carbons (Fsp3) is 0.333. The molecule has 1 aromatic carbocycles. The Labute approximate surface area is 69.6 Å². The highest BCUT2D eigenvalue weighted by atomic mass is 31.0. The molecule has 0 heterocycles. The molecular formula is C9H14FP. The van der Waals surface area contributed by atoms with E-state index in [4.69, 9.17) is 0 Å². The van der Waals surface area contributed by atoms with E-state index < -0.39 is 0 Å². The molecule has 0 aromatic heterocycles. The van der Waals surface area contributed by atoms with Gasteiger partial charge in [0.15, 0.2) is 0 Å². The Hall–Kier alpha value is -0.420. The van der Waals surface area contributed by atoms with Gasteiger partial charge in [-0.3, -0.25) is 4.70 Å². The number of halogens is 1. The summed E-state index contributed by atoms with van der Waals surface area (Å²) in [5, 5.41) is 1.31. The lowest BCUT2D eigenvalue weighted by atomic mass is 10.1. The predicted molar refractivity (Wildman–Crippen MR) is 52.5 cm³/mol. The van der Waals surface area contributed by atoms with E-state index in [1.54, 1.807) is 0 Å². The van der Waals surface area contributed by atoms with Crippen molar-refractivity contribution in [2.45, 2.75) is 20.8 Å². The molecule has 0 spiro atoms. The fourth-order valence-corrected chi connectivity index (χ4v) is 1.29. The maximum absolute atomic E-state index is 2.74. The molecule has 0 N–H and O–H groups in total. The molecule has 0 amide bonds. The van der Waals surface area contributed by atoms with E-state index >= 15 is 0 Å². The molecule has 0 saturated carbocycles. The first-order chi connectivity index (χ1) is 4.63. The zero-order valence-corrected chi connectivity index (χ0v) is 8.29. The van der Waals surface area contributed by atoms with Gasteiger partial charge in [-0.15, -0.1) is 9.24 Å². The minimum absolute atomic E-state index is 0. The molecule has 0 fully saturated rings. The second-order valence-electron chi connectivity index (χ2n) is 2.72. The molecule has 11 heavy (non-hydrogen) atoms. The van der Waals surface area contributed by atoms with Crippen LogP contribution in [0.1, 0.15) is 16.7 Å². The van der Waals surface area contributed by atoms with Gasteiger partial charge in [0.2, 0.25) is 0 Å². The number of benzene rings is 1. The molecule has 0 aliphatic heterocycles. The third-order valence-electron chi connectivity index (χ3n) is 2.10. The monoisotopic (exact) mass is 172 g/mol. The van der Waals surface area contributed by atoms with Crippen molar-refractivity contribution in [2.75, 3.05) is 0 Å². The molecule has 0 aliphatic rings. The molecule has 0 saturated heterocycles. The van der Waals surface area contributed by atoms with Crippen LogP contribution in [0, 0.1) is 20.8 Å². The van der Waals surface area contributed by atoms with Gasteiger partial charge in [-0.05, 0) is 42.8 Å². The molecule has 1 unspecified atom stereocenters. The predicted octanol–water partition coefficient (Wildman–Crippen LogP) is 2.26. The summed E-state index contributed by atoms with van der Waals surface area (Å²) in [6, 6.07) is 4.30. The van der Waals surface area contributed by atoms with E-state index in [9.17, 15) is 0 Å². The summed E-state index contributed by atoms with van der Waals surface area (Å²) in [4.78, 5) is 0. The van der Waals surface area contributed by atoms with Crippen molar-refractivity contribution in [1.29, 1.82) is 0 Å². The Morgan fingerprint density at radius 2 is 1.55 bits per heavy atom. The van der Waals surface area contributed by atoms with Crippen molar-refractivity contribution >= 4 is 14.5 Å². The molecule has 2 heteroatoms. The van der Waals surface area contributed by atoms with Gasteiger partial charge in [-0.2, -0.15) is 0 Å². The van der Waals surface area contributed by atoms with Gasteiger partial charge in [0, 0.05) is 0 Å². The summed E-state index contributed by atoms with van der Waals surface area (Å²) in [7, 11) is 2.74. The Morgan fingerprint density at radius 1 is 1.00 bits per heavy atom. The smallest absolute Gasteiger partial charge is 0.0271 e. The molecule has 1 atom stereocenters. The summed E-state index contributed by atoms with van der Waals surface area (Å²) in [5.74, 6) is 0. The van der Waals surface area contributed by atoms with Crippen LogP contribution in [0.25, 0.3) is 0 Å². The van der Waals surface area contributed by atoms with Gasteiger partial charge < -0.3 is 0 Å². The Bertz CT molecular complexity index is 229. The quantitative estimate of drug-likeness (QED) is 0.526. The average molecular weight is 172 g/mol. The lowest BCUT2D eigenvalue weighted by Gasteiger charge is -2.05. The third kappa shape index (κ3) is 2.00. The zero-order valence-electron chi connectivity index (χ0n) is 7.14. The van der Waals surface area contributed by atoms with Crippen molar-refractivity contribution in [3.05, 3.63) is 28.8 Å². The first-order valence-electron chi connectivity index (χ1n) is 3.45. The average Bonchev–Trinajstić information content (AvgIpc) is 1.93. The summed E-state index contributed by atoms with van der Waals surface area (Å²) in [5.41, 5.74) is 4.18. The highest BCUT2D eigenvalue weighted by Crippen LogP contribution is 2.10. The van der Waals surface area contributed by atoms with Crippen LogP contribution in [0.3, 0.4) is 0 Å². The molecule has 1 aromatic rings. The number of aryl methyl sites for hydroxylation is 1. The van der Waals surface area contributed by atoms with Crippen LogP contribution in [0.5, 0.6) is 0 Å². The molecule has 1 rings (SSSR count). The fourth-order valence-electron chi connectivity index (χ4n) is 0.977. The highest BCUT2D eigenvalue weighted by Gasteiger charge is 1.97. The summed E-state index contributed by atoms with van der Waals surface area (Å²) in [6.45, 7) is 6.47. The number of hydrogen-bond donors (Lipinski definition) is 0. The standard InChI is InChI=1S/C9H13P.FH/c1-6-4-5-9(10)8(3)7(6)2;/h4-5H,10H2,1-3H3;1H. The molecule has 0 radical (unpaired) electrons. The molecule has 0 bridgehead atoms. The van der Waals surface area contributed by atoms with E-state index in [0.29, 0.717) is 0 Å². The minimum atomic E-state index is 0. The normalized spacial score (nSPS) is 9.09. The second kappa shape index (κ2) is 3.82. The van der Waals surface area contributed by atoms with Crippen molar-refractivity contribution in [1.82, 2.24) is 0 Å². The van der Waals surface area contributed by atoms with Gasteiger partial charge in [-0.25, -0.2) is 0 Å². The van der Waals surface area contributed by atoms with E-state index in [1.807, 2.05) is 0 Å². The van der Waals surface area contributed by atoms with E-state index in [2.05, 4.69) is 42.1 Å². The van der Waals surface area contributed by atoms with Crippen LogP contribution in [-0.4, -0.2) is 0 Å². The summed E-state index contributed by atoms with van der Waals surface area (Å²) < 4.78 is 0. The Balaban J connectivity index is 0.000001000. The maximum Gasteiger partial charge on any atom is -0.0271 e. The van der Waals surface area contributed by atoms with Crippen LogP contribution >= 0.6 is 9.24 Å². The highest BCUT2D eigenvalue weighted by molar-refractivity contribution is 7.27. The van der Waals surface area contributed by atoms with Crippen LogP contribution < -0.4 is 5.30 Å². The molecular weight excluding hydrogens is 158 g/mol. The van der Waals surface area contributed by atoms with Crippen molar-refractivity contribution in [3.63, 3.8) is 0 Å². The van der Waals surface area contributed by atoms with Crippen molar-refractivity contribution in [2.24, 2.45) is 0 Å². The largest absolute Gasteiger partial charge is 0.269 e. The second-order valence-corrected chi connectivity index (χ2v) is 3.34. The Kier molecular flexibility index (Phi) is 3.68. The van der Waals surface area contributed by atoms with Gasteiger partial charge in [0.25, 0.3) is 0 Å². The number of rotatable bonds is 0. The minimum Gasteiger partial charge on any atom is -0.269 e. The van der Waals surface area contributed by atoms with E-state index in [0.717, 1.165) is 0 Å². The van der Waals surface area contributed by atoms with Crippen molar-refractivity contribution < 1.29 is 4.70 Å².